The molecule has 0 bridgehead atoms. The van der Waals surface area contributed by atoms with Gasteiger partial charge in [0.1, 0.15) is 11.5 Å². The number of ether oxygens (including phenoxy) is 1. The molecule has 0 saturated carbocycles. The molecule has 0 aliphatic carbocycles. The highest BCUT2D eigenvalue weighted by atomic mass is 32.2. The van der Waals surface area contributed by atoms with Crippen LogP contribution in [0.2, 0.25) is 0 Å². The summed E-state index contributed by atoms with van der Waals surface area (Å²) in [5.74, 6) is 1.70. The van der Waals surface area contributed by atoms with Crippen LogP contribution in [-0.4, -0.2) is 33.4 Å². The Kier molecular flexibility index (Phi) is 4.75. The van der Waals surface area contributed by atoms with Gasteiger partial charge in [-0.2, -0.15) is 0 Å². The molecular formula is C16H18N4O3S. The first kappa shape index (κ1) is 16.4. The lowest BCUT2D eigenvalue weighted by molar-refractivity contribution is -0.115. The van der Waals surface area contributed by atoms with Crippen molar-refractivity contribution >= 4 is 34.5 Å². The highest BCUT2D eigenvalue weighted by molar-refractivity contribution is 8.00. The molecule has 3 aromatic rings. The largest absolute Gasteiger partial charge is 0.497 e. The lowest BCUT2D eigenvalue weighted by Gasteiger charge is -2.11. The molecule has 126 valence electrons. The zero-order chi connectivity index (χ0) is 17.1. The molecule has 0 aliphatic rings. The van der Waals surface area contributed by atoms with Gasteiger partial charge in [0.25, 0.3) is 0 Å². The van der Waals surface area contributed by atoms with E-state index < -0.39 is 0 Å². The maximum absolute atomic E-state index is 12.4. The predicted molar refractivity (Wildman–Crippen MR) is 92.5 cm³/mol. The Bertz CT molecular complexity index is 858. The quantitative estimate of drug-likeness (QED) is 0.665. The van der Waals surface area contributed by atoms with Crippen LogP contribution in [0.4, 0.5) is 5.82 Å². The second kappa shape index (κ2) is 6.96. The van der Waals surface area contributed by atoms with Crippen molar-refractivity contribution in [3.8, 4) is 5.75 Å². The maximum Gasteiger partial charge on any atom is 0.239 e. The van der Waals surface area contributed by atoms with Crippen molar-refractivity contribution in [3.05, 3.63) is 30.0 Å². The zero-order valence-electron chi connectivity index (χ0n) is 13.6. The van der Waals surface area contributed by atoms with Gasteiger partial charge in [-0.25, -0.2) is 4.98 Å². The van der Waals surface area contributed by atoms with Gasteiger partial charge in [-0.3, -0.25) is 4.79 Å². The van der Waals surface area contributed by atoms with Crippen molar-refractivity contribution in [2.45, 2.75) is 30.7 Å². The van der Waals surface area contributed by atoms with Gasteiger partial charge >= 0.3 is 0 Å². The van der Waals surface area contributed by atoms with Crippen molar-refractivity contribution in [1.82, 2.24) is 15.1 Å². The summed E-state index contributed by atoms with van der Waals surface area (Å²) in [7, 11) is 1.62. The number of anilines is 1. The van der Waals surface area contributed by atoms with Crippen LogP contribution in [0.1, 0.15) is 19.1 Å². The third-order valence-electron chi connectivity index (χ3n) is 3.46. The minimum absolute atomic E-state index is 0.131. The van der Waals surface area contributed by atoms with E-state index in [9.17, 15) is 4.79 Å². The maximum atomic E-state index is 12.4. The standard InChI is InChI=1S/C16H18N4O3S/c1-4-13(15(21)19-14-7-9(2)23-20-14)24-16-17-11-6-5-10(22-3)8-12(11)18-16/h5-8,13H,4H2,1-3H3,(H,17,18)(H,19,20,21)/t13-/m1/s1. The highest BCUT2D eigenvalue weighted by Gasteiger charge is 2.21. The molecule has 0 unspecified atom stereocenters. The Labute approximate surface area is 143 Å². The number of aromatic nitrogens is 3. The Hall–Kier alpha value is -2.48. The van der Waals surface area contributed by atoms with Gasteiger partial charge in [-0.05, 0) is 25.5 Å². The number of rotatable bonds is 6. The Morgan fingerprint density at radius 2 is 2.29 bits per heavy atom. The molecule has 0 aliphatic heterocycles. The monoisotopic (exact) mass is 346 g/mol. The number of hydrogen-bond donors (Lipinski definition) is 2. The van der Waals surface area contributed by atoms with Gasteiger partial charge in [0, 0.05) is 12.1 Å². The average molecular weight is 346 g/mol. The van der Waals surface area contributed by atoms with Crippen LogP contribution < -0.4 is 10.1 Å². The number of carbonyl (C=O) groups excluding carboxylic acids is 1. The number of hydrogen-bond acceptors (Lipinski definition) is 6. The van der Waals surface area contributed by atoms with Gasteiger partial charge in [-0.15, -0.1) is 0 Å². The van der Waals surface area contributed by atoms with E-state index in [0.29, 0.717) is 23.2 Å². The SMILES string of the molecule is CC[C@@H](Sc1nc2ccc(OC)cc2[nH]1)C(=O)Nc1cc(C)on1. The fourth-order valence-electron chi connectivity index (χ4n) is 2.24. The summed E-state index contributed by atoms with van der Waals surface area (Å²) in [4.78, 5) is 20.1. The third kappa shape index (κ3) is 3.53. The minimum Gasteiger partial charge on any atom is -0.497 e. The van der Waals surface area contributed by atoms with Crippen LogP contribution in [-0.2, 0) is 4.79 Å². The van der Waals surface area contributed by atoms with E-state index in [1.165, 1.54) is 11.8 Å². The van der Waals surface area contributed by atoms with Gasteiger partial charge < -0.3 is 19.6 Å². The van der Waals surface area contributed by atoms with Crippen molar-refractivity contribution < 1.29 is 14.1 Å². The lowest BCUT2D eigenvalue weighted by atomic mass is 10.3. The molecule has 2 N–H and O–H groups in total. The molecule has 1 aromatic carbocycles. The Balaban J connectivity index is 1.73. The number of thioether (sulfide) groups is 1. The molecule has 2 heterocycles. The third-order valence-corrected chi connectivity index (χ3v) is 4.71. The van der Waals surface area contributed by atoms with Gasteiger partial charge in [0.2, 0.25) is 5.91 Å². The molecule has 0 spiro atoms. The molecule has 1 atom stereocenters. The first-order chi connectivity index (χ1) is 11.6. The Morgan fingerprint density at radius 3 is 2.96 bits per heavy atom. The van der Waals surface area contributed by atoms with Crippen molar-refractivity contribution in [3.63, 3.8) is 0 Å². The van der Waals surface area contributed by atoms with Crippen molar-refractivity contribution in [2.24, 2.45) is 0 Å². The number of imidazole rings is 1. The number of methoxy groups -OCH3 is 1. The molecular weight excluding hydrogens is 328 g/mol. The molecule has 8 heteroatoms. The number of nitrogens with zero attached hydrogens (tertiary/aromatic N) is 2. The number of benzene rings is 1. The van der Waals surface area contributed by atoms with E-state index in [4.69, 9.17) is 9.26 Å². The molecule has 0 radical (unpaired) electrons. The number of carbonyl (C=O) groups is 1. The van der Waals surface area contributed by atoms with Crippen LogP contribution in [0.5, 0.6) is 5.75 Å². The second-order valence-electron chi connectivity index (χ2n) is 5.25. The van der Waals surface area contributed by atoms with Crippen LogP contribution in [0, 0.1) is 6.92 Å². The van der Waals surface area contributed by atoms with E-state index in [2.05, 4.69) is 20.4 Å². The first-order valence-electron chi connectivity index (χ1n) is 7.53. The van der Waals surface area contributed by atoms with Crippen LogP contribution in [0.3, 0.4) is 0 Å². The van der Waals surface area contributed by atoms with E-state index >= 15 is 0 Å². The topological polar surface area (TPSA) is 93.0 Å². The fraction of sp³-hybridized carbons (Fsp3) is 0.312. The number of aryl methyl sites for hydroxylation is 1. The van der Waals surface area contributed by atoms with Gasteiger partial charge in [0.05, 0.1) is 23.4 Å². The van der Waals surface area contributed by atoms with Gasteiger partial charge in [-0.1, -0.05) is 23.8 Å². The predicted octanol–water partition coefficient (Wildman–Crippen LogP) is 3.38. The molecule has 0 fully saturated rings. The number of H-pyrrole nitrogens is 1. The molecule has 3 rings (SSSR count). The highest BCUT2D eigenvalue weighted by Crippen LogP contribution is 2.27. The van der Waals surface area contributed by atoms with E-state index in [0.717, 1.165) is 16.8 Å². The summed E-state index contributed by atoms with van der Waals surface area (Å²) in [6, 6.07) is 7.30. The Morgan fingerprint density at radius 1 is 1.46 bits per heavy atom. The average Bonchev–Trinajstić information content (AvgIpc) is 3.16. The lowest BCUT2D eigenvalue weighted by Crippen LogP contribution is -2.24. The molecule has 1 amide bonds. The van der Waals surface area contributed by atoms with Crippen LogP contribution in [0.25, 0.3) is 11.0 Å². The van der Waals surface area contributed by atoms with E-state index in [1.807, 2.05) is 25.1 Å². The second-order valence-corrected chi connectivity index (χ2v) is 6.44. The van der Waals surface area contributed by atoms with Crippen molar-refractivity contribution in [2.75, 3.05) is 12.4 Å². The number of fused-ring (bicyclic) bond motifs is 1. The van der Waals surface area contributed by atoms with Crippen LogP contribution >= 0.6 is 11.8 Å². The summed E-state index contributed by atoms with van der Waals surface area (Å²) in [5, 5.41) is 6.94. The summed E-state index contributed by atoms with van der Waals surface area (Å²) in [6.07, 6.45) is 0.660. The summed E-state index contributed by atoms with van der Waals surface area (Å²) >= 11 is 1.38. The zero-order valence-corrected chi connectivity index (χ0v) is 14.4. The van der Waals surface area contributed by atoms with E-state index in [1.54, 1.807) is 20.1 Å². The number of amides is 1. The smallest absolute Gasteiger partial charge is 0.239 e. The fourth-order valence-corrected chi connectivity index (χ4v) is 3.16. The first-order valence-corrected chi connectivity index (χ1v) is 8.41. The summed E-state index contributed by atoms with van der Waals surface area (Å²) < 4.78 is 10.2. The summed E-state index contributed by atoms with van der Waals surface area (Å²) in [6.45, 7) is 3.73. The summed E-state index contributed by atoms with van der Waals surface area (Å²) in [5.41, 5.74) is 1.71. The van der Waals surface area contributed by atoms with Gasteiger partial charge in [0.15, 0.2) is 11.0 Å². The molecule has 2 aromatic heterocycles. The molecule has 7 nitrogen and oxygen atoms in total. The normalized spacial score (nSPS) is 12.3. The van der Waals surface area contributed by atoms with E-state index in [-0.39, 0.29) is 11.2 Å². The molecule has 0 saturated heterocycles. The van der Waals surface area contributed by atoms with Crippen LogP contribution in [0.15, 0.2) is 33.9 Å². The van der Waals surface area contributed by atoms with Crippen molar-refractivity contribution in [1.29, 1.82) is 0 Å². The number of nitrogens with one attached hydrogen (secondary N) is 2. The molecule has 24 heavy (non-hydrogen) atoms. The minimum atomic E-state index is -0.288. The number of aromatic amines is 1.